The highest BCUT2D eigenvalue weighted by atomic mass is 32.2. The van der Waals surface area contributed by atoms with E-state index in [4.69, 9.17) is 0 Å². The number of thioether (sulfide) groups is 1. The largest absolute Gasteiger partial charge is 0.502 e. The number of amides is 1. The summed E-state index contributed by atoms with van der Waals surface area (Å²) in [5, 5.41) is 12.7. The number of carbonyl (C=O) groups is 1. The molecule has 0 radical (unpaired) electrons. The number of allylic oxidation sites excluding steroid dienone is 2. The van der Waals surface area contributed by atoms with Crippen LogP contribution in [-0.4, -0.2) is 33.3 Å². The van der Waals surface area contributed by atoms with Crippen molar-refractivity contribution < 1.29 is 9.90 Å². The molecule has 0 bridgehead atoms. The lowest BCUT2D eigenvalue weighted by Crippen LogP contribution is -2.57. The van der Waals surface area contributed by atoms with Crippen molar-refractivity contribution in [2.24, 2.45) is 5.92 Å². The predicted molar refractivity (Wildman–Crippen MR) is 127 cm³/mol. The summed E-state index contributed by atoms with van der Waals surface area (Å²) in [6, 6.07) is 9.54. The lowest BCUT2D eigenvalue weighted by molar-refractivity contribution is 0.0621. The minimum atomic E-state index is -0.543. The van der Waals surface area contributed by atoms with Gasteiger partial charge in [0.05, 0.1) is 6.04 Å². The summed E-state index contributed by atoms with van der Waals surface area (Å²) in [6.45, 7) is 6.52. The van der Waals surface area contributed by atoms with Crippen molar-refractivity contribution in [1.82, 2.24) is 9.58 Å². The number of fused-ring (bicyclic) bond motifs is 2. The topological polar surface area (TPSA) is 65.8 Å². The third-order valence-electron chi connectivity index (χ3n) is 6.56. The summed E-state index contributed by atoms with van der Waals surface area (Å²) in [4.78, 5) is 28.6. The summed E-state index contributed by atoms with van der Waals surface area (Å²) in [5.41, 5.74) is 3.16. The van der Waals surface area contributed by atoms with Gasteiger partial charge < -0.3 is 10.0 Å². The first-order chi connectivity index (χ1) is 15.4. The lowest BCUT2D eigenvalue weighted by atomic mass is 9.88. The highest BCUT2D eigenvalue weighted by Gasteiger charge is 2.40. The first-order valence-corrected chi connectivity index (χ1v) is 12.0. The van der Waals surface area contributed by atoms with Gasteiger partial charge >= 0.3 is 0 Å². The summed E-state index contributed by atoms with van der Waals surface area (Å²) in [7, 11) is 0. The molecule has 2 aliphatic heterocycles. The third kappa shape index (κ3) is 3.18. The Morgan fingerprint density at radius 3 is 2.72 bits per heavy atom. The molecule has 1 aliphatic carbocycles. The van der Waals surface area contributed by atoms with Crippen molar-refractivity contribution in [3.63, 3.8) is 0 Å². The van der Waals surface area contributed by atoms with Crippen molar-refractivity contribution in [1.29, 1.82) is 0 Å². The SMILES string of the molecule is CC1CC=CC2=C1SCc1ccccc1C2N1CN(C(C)C)C(=O)c2c(O)c(=O)ccn21. The number of nitrogens with zero attached hydrogens (tertiary/aromatic N) is 3. The maximum atomic E-state index is 13.3. The molecule has 0 fully saturated rings. The molecule has 166 valence electrons. The number of hydrogen-bond donors (Lipinski definition) is 1. The maximum Gasteiger partial charge on any atom is 0.278 e. The minimum absolute atomic E-state index is 0.0295. The monoisotopic (exact) mass is 449 g/mol. The Morgan fingerprint density at radius 2 is 1.94 bits per heavy atom. The molecule has 0 saturated heterocycles. The summed E-state index contributed by atoms with van der Waals surface area (Å²) >= 11 is 1.89. The molecule has 5 rings (SSSR count). The van der Waals surface area contributed by atoms with E-state index in [-0.39, 0.29) is 23.7 Å². The van der Waals surface area contributed by atoms with E-state index in [1.165, 1.54) is 27.7 Å². The van der Waals surface area contributed by atoms with Crippen molar-refractivity contribution in [3.05, 3.63) is 86.2 Å². The lowest BCUT2D eigenvalue weighted by Gasteiger charge is -2.46. The zero-order valence-corrected chi connectivity index (χ0v) is 19.3. The molecule has 3 heterocycles. The van der Waals surface area contributed by atoms with E-state index in [0.29, 0.717) is 12.6 Å². The van der Waals surface area contributed by atoms with Gasteiger partial charge in [0.15, 0.2) is 11.4 Å². The molecule has 3 aliphatic rings. The van der Waals surface area contributed by atoms with Crippen molar-refractivity contribution in [2.45, 2.75) is 45.0 Å². The van der Waals surface area contributed by atoms with Gasteiger partial charge in [-0.05, 0) is 47.8 Å². The third-order valence-corrected chi connectivity index (χ3v) is 7.96. The average Bonchev–Trinajstić information content (AvgIpc) is 2.94. The zero-order valence-electron chi connectivity index (χ0n) is 18.5. The first-order valence-electron chi connectivity index (χ1n) is 11.0. The molecule has 1 aromatic carbocycles. The Kier molecular flexibility index (Phi) is 5.16. The highest BCUT2D eigenvalue weighted by Crippen LogP contribution is 2.47. The van der Waals surface area contributed by atoms with Crippen LogP contribution in [0.2, 0.25) is 0 Å². The van der Waals surface area contributed by atoms with Gasteiger partial charge in [0.1, 0.15) is 6.67 Å². The van der Waals surface area contributed by atoms with Crippen molar-refractivity contribution in [2.75, 3.05) is 11.7 Å². The fraction of sp³-hybridized carbons (Fsp3) is 0.360. The maximum absolute atomic E-state index is 13.3. The Bertz CT molecular complexity index is 1210. The van der Waals surface area contributed by atoms with Crippen LogP contribution in [0.15, 0.2) is 64.0 Å². The molecule has 32 heavy (non-hydrogen) atoms. The second kappa shape index (κ2) is 7.89. The van der Waals surface area contributed by atoms with E-state index < -0.39 is 11.2 Å². The minimum Gasteiger partial charge on any atom is -0.502 e. The average molecular weight is 450 g/mol. The second-order valence-electron chi connectivity index (χ2n) is 8.92. The fourth-order valence-electron chi connectivity index (χ4n) is 4.86. The Morgan fingerprint density at radius 1 is 1.16 bits per heavy atom. The summed E-state index contributed by atoms with van der Waals surface area (Å²) in [6.07, 6.45) is 7.07. The van der Waals surface area contributed by atoms with Crippen LogP contribution >= 0.6 is 11.8 Å². The van der Waals surface area contributed by atoms with Crippen LogP contribution < -0.4 is 10.4 Å². The van der Waals surface area contributed by atoms with Crippen LogP contribution in [-0.2, 0) is 5.75 Å². The van der Waals surface area contributed by atoms with Crippen molar-refractivity contribution >= 4 is 17.7 Å². The van der Waals surface area contributed by atoms with Gasteiger partial charge in [-0.15, -0.1) is 11.8 Å². The smallest absolute Gasteiger partial charge is 0.278 e. The van der Waals surface area contributed by atoms with Crippen LogP contribution in [0.25, 0.3) is 0 Å². The quantitative estimate of drug-likeness (QED) is 0.746. The number of pyridine rings is 1. The molecular weight excluding hydrogens is 422 g/mol. The van der Waals surface area contributed by atoms with Crippen LogP contribution in [0.5, 0.6) is 5.75 Å². The molecule has 2 aromatic rings. The molecule has 0 spiro atoms. The van der Waals surface area contributed by atoms with E-state index >= 15 is 0 Å². The van der Waals surface area contributed by atoms with Gasteiger partial charge in [0, 0.05) is 24.1 Å². The van der Waals surface area contributed by atoms with Gasteiger partial charge in [-0.3, -0.25) is 19.3 Å². The molecule has 1 amide bonds. The van der Waals surface area contributed by atoms with Gasteiger partial charge in [-0.1, -0.05) is 43.3 Å². The molecular formula is C25H27N3O3S. The van der Waals surface area contributed by atoms with Gasteiger partial charge in [0.2, 0.25) is 5.43 Å². The number of rotatable bonds is 2. The van der Waals surface area contributed by atoms with Crippen molar-refractivity contribution in [3.8, 4) is 5.75 Å². The fourth-order valence-corrected chi connectivity index (χ4v) is 6.16. The van der Waals surface area contributed by atoms with Gasteiger partial charge in [-0.2, -0.15) is 0 Å². The Labute approximate surface area is 191 Å². The van der Waals surface area contributed by atoms with Gasteiger partial charge in [0.25, 0.3) is 5.91 Å². The van der Waals surface area contributed by atoms with Crippen LogP contribution in [0, 0.1) is 5.92 Å². The molecule has 0 saturated carbocycles. The van der Waals surface area contributed by atoms with Crippen LogP contribution in [0.4, 0.5) is 0 Å². The standard InChI is InChI=1S/C25H27N3O3S/c1-15(2)26-14-28(27-12-11-20(29)23(30)22(27)25(26)31)21-18-9-5-4-8-17(18)13-32-24-16(3)7-6-10-19(21)24/h4-6,8-12,15-16,21,30H,7,13-14H2,1-3H3. The first kappa shape index (κ1) is 20.9. The second-order valence-corrected chi connectivity index (χ2v) is 9.94. The highest BCUT2D eigenvalue weighted by molar-refractivity contribution is 8.02. The molecule has 7 heteroatoms. The van der Waals surface area contributed by atoms with E-state index in [0.717, 1.165) is 12.2 Å². The number of carbonyl (C=O) groups excluding carboxylic acids is 1. The number of benzene rings is 1. The Hall–Kier alpha value is -2.93. The number of aromatic hydroxyl groups is 1. The summed E-state index contributed by atoms with van der Waals surface area (Å²) < 4.78 is 1.69. The van der Waals surface area contributed by atoms with E-state index in [2.05, 4.69) is 48.4 Å². The van der Waals surface area contributed by atoms with Crippen LogP contribution in [0.1, 0.15) is 54.8 Å². The summed E-state index contributed by atoms with van der Waals surface area (Å²) in [5.74, 6) is 0.494. The molecule has 6 nitrogen and oxygen atoms in total. The predicted octanol–water partition coefficient (Wildman–Crippen LogP) is 4.15. The normalized spacial score (nSPS) is 22.6. The number of hydrogen-bond acceptors (Lipinski definition) is 5. The van der Waals surface area contributed by atoms with Gasteiger partial charge in [-0.25, -0.2) is 0 Å². The number of aromatic nitrogens is 1. The van der Waals surface area contributed by atoms with Crippen LogP contribution in [0.3, 0.4) is 0 Å². The zero-order chi connectivity index (χ0) is 22.6. The molecule has 1 aromatic heterocycles. The molecule has 2 atom stereocenters. The van der Waals surface area contributed by atoms with E-state index in [1.807, 2.05) is 25.6 Å². The van der Waals surface area contributed by atoms with E-state index in [9.17, 15) is 14.7 Å². The molecule has 2 unspecified atom stereocenters. The van der Waals surface area contributed by atoms with E-state index in [1.54, 1.807) is 15.8 Å². The Balaban J connectivity index is 1.78. The molecule has 1 N–H and O–H groups in total.